The molecule has 0 radical (unpaired) electrons. The van der Waals surface area contributed by atoms with Gasteiger partial charge in [-0.05, 0) is 40.2 Å². The summed E-state index contributed by atoms with van der Waals surface area (Å²) in [5.41, 5.74) is 1.04. The summed E-state index contributed by atoms with van der Waals surface area (Å²) in [7, 11) is 0. The number of nitrogens with zero attached hydrogens (tertiary/aromatic N) is 4. The number of carbonyl (C=O) groups excluding carboxylic acids is 1. The molecule has 1 unspecified atom stereocenters. The Bertz CT molecular complexity index is 832. The zero-order valence-corrected chi connectivity index (χ0v) is 15.0. The standard InChI is InChI=1S/C17H24N6O2/c1-11-7-13(21-23(11)17(2,3)4)16(25)20-12-5-6-22(9-12)14-8-15(24)19-10-18-14/h7-8,10,12H,5-6,9H2,1-4H3,(H,20,25)(H,18,19,24). The molecule has 8 nitrogen and oxygen atoms in total. The van der Waals surface area contributed by atoms with Gasteiger partial charge >= 0.3 is 0 Å². The summed E-state index contributed by atoms with van der Waals surface area (Å²) in [5.74, 6) is 0.463. The Balaban J connectivity index is 1.66. The number of nitrogens with one attached hydrogen (secondary N) is 2. The maximum atomic E-state index is 12.5. The molecule has 1 saturated heterocycles. The molecule has 2 N–H and O–H groups in total. The molecular weight excluding hydrogens is 320 g/mol. The van der Waals surface area contributed by atoms with Gasteiger partial charge in [0.15, 0.2) is 0 Å². The molecule has 1 aliphatic rings. The highest BCUT2D eigenvalue weighted by atomic mass is 16.2. The van der Waals surface area contributed by atoms with E-state index in [1.807, 2.05) is 22.6 Å². The van der Waals surface area contributed by atoms with E-state index in [2.05, 4.69) is 41.2 Å². The van der Waals surface area contributed by atoms with Crippen LogP contribution >= 0.6 is 0 Å². The maximum Gasteiger partial charge on any atom is 0.272 e. The van der Waals surface area contributed by atoms with Crippen molar-refractivity contribution >= 4 is 11.7 Å². The highest BCUT2D eigenvalue weighted by Crippen LogP contribution is 2.18. The molecule has 1 amide bonds. The van der Waals surface area contributed by atoms with E-state index in [4.69, 9.17) is 0 Å². The van der Waals surface area contributed by atoms with Gasteiger partial charge in [-0.2, -0.15) is 5.10 Å². The van der Waals surface area contributed by atoms with E-state index in [0.29, 0.717) is 18.1 Å². The number of anilines is 1. The molecule has 0 spiro atoms. The third-order valence-electron chi connectivity index (χ3n) is 4.27. The molecule has 1 atom stereocenters. The Labute approximate surface area is 146 Å². The molecule has 1 fully saturated rings. The SMILES string of the molecule is Cc1cc(C(=O)NC2CCN(c3cc(=O)[nH]cn3)C2)nn1C(C)(C)C. The van der Waals surface area contributed by atoms with E-state index in [0.717, 1.165) is 18.7 Å². The van der Waals surface area contributed by atoms with Gasteiger partial charge in [0.2, 0.25) is 0 Å². The summed E-state index contributed by atoms with van der Waals surface area (Å²) < 4.78 is 1.86. The van der Waals surface area contributed by atoms with E-state index < -0.39 is 0 Å². The third-order valence-corrected chi connectivity index (χ3v) is 4.27. The van der Waals surface area contributed by atoms with Gasteiger partial charge in [-0.3, -0.25) is 14.3 Å². The van der Waals surface area contributed by atoms with Crippen molar-refractivity contribution in [2.75, 3.05) is 18.0 Å². The summed E-state index contributed by atoms with van der Waals surface area (Å²) in [6.07, 6.45) is 2.20. The first-order chi connectivity index (χ1) is 11.7. The van der Waals surface area contributed by atoms with Crippen molar-refractivity contribution < 1.29 is 4.79 Å². The molecule has 0 saturated carbocycles. The van der Waals surface area contributed by atoms with Crippen LogP contribution in [0.15, 0.2) is 23.3 Å². The largest absolute Gasteiger partial charge is 0.354 e. The molecule has 3 heterocycles. The lowest BCUT2D eigenvalue weighted by molar-refractivity contribution is 0.0933. The lowest BCUT2D eigenvalue weighted by atomic mass is 10.1. The Morgan fingerprint density at radius 2 is 2.12 bits per heavy atom. The number of aryl methyl sites for hydroxylation is 1. The molecular formula is C17H24N6O2. The molecule has 0 aromatic carbocycles. The molecule has 3 rings (SSSR count). The predicted octanol–water partition coefficient (Wildman–Crippen LogP) is 1.04. The van der Waals surface area contributed by atoms with Crippen LogP contribution in [0.25, 0.3) is 0 Å². The molecule has 2 aromatic heterocycles. The fourth-order valence-corrected chi connectivity index (χ4v) is 3.14. The van der Waals surface area contributed by atoms with Crippen LogP contribution in [0.3, 0.4) is 0 Å². The van der Waals surface area contributed by atoms with Gasteiger partial charge in [-0.25, -0.2) is 4.98 Å². The van der Waals surface area contributed by atoms with Crippen LogP contribution in [-0.2, 0) is 5.54 Å². The summed E-state index contributed by atoms with van der Waals surface area (Å²) in [5, 5.41) is 7.48. The Hall–Kier alpha value is -2.64. The summed E-state index contributed by atoms with van der Waals surface area (Å²) in [6, 6.07) is 3.29. The number of rotatable bonds is 3. The van der Waals surface area contributed by atoms with Crippen molar-refractivity contribution in [1.29, 1.82) is 0 Å². The van der Waals surface area contributed by atoms with Crippen LogP contribution in [0.1, 0.15) is 43.4 Å². The molecule has 0 bridgehead atoms. The second-order valence-electron chi connectivity index (χ2n) is 7.43. The summed E-state index contributed by atoms with van der Waals surface area (Å²) in [6.45, 7) is 9.48. The van der Waals surface area contributed by atoms with Crippen LogP contribution in [0, 0.1) is 6.92 Å². The minimum absolute atomic E-state index is 0.00804. The average Bonchev–Trinajstić information content (AvgIpc) is 3.13. The van der Waals surface area contributed by atoms with Gasteiger partial charge < -0.3 is 15.2 Å². The minimum atomic E-state index is -0.180. The quantitative estimate of drug-likeness (QED) is 0.867. The van der Waals surface area contributed by atoms with E-state index in [-0.39, 0.29) is 23.0 Å². The Morgan fingerprint density at radius 1 is 1.36 bits per heavy atom. The van der Waals surface area contributed by atoms with Crippen molar-refractivity contribution in [2.45, 2.75) is 45.7 Å². The Morgan fingerprint density at radius 3 is 2.76 bits per heavy atom. The molecule has 2 aromatic rings. The highest BCUT2D eigenvalue weighted by Gasteiger charge is 2.27. The number of carbonyl (C=O) groups is 1. The normalized spacial score (nSPS) is 17.8. The van der Waals surface area contributed by atoms with Crippen LogP contribution in [0.2, 0.25) is 0 Å². The van der Waals surface area contributed by atoms with Crippen molar-refractivity contribution in [3.05, 3.63) is 40.2 Å². The number of hydrogen-bond donors (Lipinski definition) is 2. The fraction of sp³-hybridized carbons (Fsp3) is 0.529. The molecule has 1 aliphatic heterocycles. The van der Waals surface area contributed by atoms with Crippen LogP contribution in [0.5, 0.6) is 0 Å². The van der Waals surface area contributed by atoms with Crippen LogP contribution < -0.4 is 15.8 Å². The maximum absolute atomic E-state index is 12.5. The van der Waals surface area contributed by atoms with Crippen molar-refractivity contribution in [3.63, 3.8) is 0 Å². The van der Waals surface area contributed by atoms with Crippen molar-refractivity contribution in [1.82, 2.24) is 25.1 Å². The second-order valence-corrected chi connectivity index (χ2v) is 7.43. The Kier molecular flexibility index (Phi) is 4.36. The lowest BCUT2D eigenvalue weighted by Gasteiger charge is -2.21. The van der Waals surface area contributed by atoms with Gasteiger partial charge in [-0.1, -0.05) is 0 Å². The van der Waals surface area contributed by atoms with E-state index in [9.17, 15) is 9.59 Å². The highest BCUT2D eigenvalue weighted by molar-refractivity contribution is 5.92. The van der Waals surface area contributed by atoms with Crippen molar-refractivity contribution in [3.8, 4) is 0 Å². The first-order valence-electron chi connectivity index (χ1n) is 8.42. The molecule has 8 heteroatoms. The number of aromatic amines is 1. The van der Waals surface area contributed by atoms with E-state index in [1.165, 1.54) is 12.4 Å². The monoisotopic (exact) mass is 344 g/mol. The number of aromatic nitrogens is 4. The smallest absolute Gasteiger partial charge is 0.272 e. The third kappa shape index (κ3) is 3.72. The first-order valence-corrected chi connectivity index (χ1v) is 8.42. The van der Waals surface area contributed by atoms with Gasteiger partial charge in [-0.15, -0.1) is 0 Å². The van der Waals surface area contributed by atoms with Crippen molar-refractivity contribution in [2.24, 2.45) is 0 Å². The van der Waals surface area contributed by atoms with Crippen LogP contribution in [-0.4, -0.2) is 44.8 Å². The van der Waals surface area contributed by atoms with E-state index in [1.54, 1.807) is 0 Å². The lowest BCUT2D eigenvalue weighted by Crippen LogP contribution is -2.37. The van der Waals surface area contributed by atoms with Gasteiger partial charge in [0.1, 0.15) is 11.5 Å². The topological polar surface area (TPSA) is 95.9 Å². The molecule has 25 heavy (non-hydrogen) atoms. The zero-order valence-electron chi connectivity index (χ0n) is 15.0. The number of amides is 1. The van der Waals surface area contributed by atoms with Gasteiger partial charge in [0.05, 0.1) is 11.9 Å². The van der Waals surface area contributed by atoms with Gasteiger partial charge in [0.25, 0.3) is 11.5 Å². The number of hydrogen-bond acceptors (Lipinski definition) is 5. The molecule has 0 aliphatic carbocycles. The zero-order chi connectivity index (χ0) is 18.2. The minimum Gasteiger partial charge on any atom is -0.354 e. The first kappa shape index (κ1) is 17.2. The van der Waals surface area contributed by atoms with Gasteiger partial charge in [0, 0.05) is 30.9 Å². The summed E-state index contributed by atoms with van der Waals surface area (Å²) >= 11 is 0. The summed E-state index contributed by atoms with van der Waals surface area (Å²) in [4.78, 5) is 32.6. The predicted molar refractivity (Wildman–Crippen MR) is 94.9 cm³/mol. The average molecular weight is 344 g/mol. The fourth-order valence-electron chi connectivity index (χ4n) is 3.14. The number of H-pyrrole nitrogens is 1. The van der Waals surface area contributed by atoms with E-state index >= 15 is 0 Å². The molecule has 134 valence electrons. The van der Waals surface area contributed by atoms with Crippen LogP contribution in [0.4, 0.5) is 5.82 Å². The second kappa shape index (κ2) is 6.34.